The molecule has 0 heterocycles. The van der Waals surface area contributed by atoms with Gasteiger partial charge in [0.25, 0.3) is 0 Å². The maximum Gasteiger partial charge on any atom is 0.407 e. The molecule has 0 aliphatic rings. The highest BCUT2D eigenvalue weighted by molar-refractivity contribution is 5.90. The topological polar surface area (TPSA) is 67.4 Å². The van der Waals surface area contributed by atoms with Crippen LogP contribution in [0.5, 0.6) is 0 Å². The van der Waals surface area contributed by atoms with Crippen LogP contribution in [-0.2, 0) is 9.53 Å². The molecule has 1 aromatic rings. The molecule has 5 heteroatoms. The molecule has 1 rings (SSSR count). The summed E-state index contributed by atoms with van der Waals surface area (Å²) < 4.78 is 4.85. The highest BCUT2D eigenvalue weighted by Gasteiger charge is 2.06. The molecule has 0 atom stereocenters. The van der Waals surface area contributed by atoms with Crippen molar-refractivity contribution in [2.75, 3.05) is 11.9 Å². The first-order chi connectivity index (χ1) is 8.58. The lowest BCUT2D eigenvalue weighted by Crippen LogP contribution is -2.31. The lowest BCUT2D eigenvalue weighted by molar-refractivity contribution is -0.116. The predicted octanol–water partition coefficient (Wildman–Crippen LogP) is 2.15. The Morgan fingerprint density at radius 2 is 1.89 bits per heavy atom. The second-order valence-corrected chi connectivity index (χ2v) is 4.10. The van der Waals surface area contributed by atoms with E-state index >= 15 is 0 Å². The standard InChI is InChI=1S/C13H18N2O3/c1-10(2)14-13(17)18-9-8-12(16)15-11-6-4-3-5-7-11/h3-7,10H,8-9H2,1-2H3,(H,14,17)(H,15,16). The number of anilines is 1. The van der Waals surface area contributed by atoms with Gasteiger partial charge < -0.3 is 15.4 Å². The fraction of sp³-hybridized carbons (Fsp3) is 0.385. The van der Waals surface area contributed by atoms with E-state index < -0.39 is 6.09 Å². The molecule has 0 saturated carbocycles. The van der Waals surface area contributed by atoms with E-state index in [4.69, 9.17) is 4.74 Å². The minimum absolute atomic E-state index is 0.0237. The van der Waals surface area contributed by atoms with Crippen molar-refractivity contribution in [1.29, 1.82) is 0 Å². The Balaban J connectivity index is 2.20. The van der Waals surface area contributed by atoms with Gasteiger partial charge in [0.05, 0.1) is 6.42 Å². The summed E-state index contributed by atoms with van der Waals surface area (Å²) in [7, 11) is 0. The van der Waals surface area contributed by atoms with Gasteiger partial charge in [0.2, 0.25) is 5.91 Å². The second kappa shape index (κ2) is 7.32. The molecule has 1 aromatic carbocycles. The first kappa shape index (κ1) is 14.0. The van der Waals surface area contributed by atoms with Crippen molar-refractivity contribution in [3.63, 3.8) is 0 Å². The number of carbonyl (C=O) groups is 2. The number of alkyl carbamates (subject to hydrolysis) is 1. The number of nitrogens with one attached hydrogen (secondary N) is 2. The van der Waals surface area contributed by atoms with Crippen LogP contribution in [0.4, 0.5) is 10.5 Å². The van der Waals surface area contributed by atoms with Gasteiger partial charge in [0.1, 0.15) is 6.61 Å². The van der Waals surface area contributed by atoms with Crippen LogP contribution in [0, 0.1) is 0 Å². The fourth-order valence-corrected chi connectivity index (χ4v) is 1.26. The van der Waals surface area contributed by atoms with Gasteiger partial charge in [-0.3, -0.25) is 4.79 Å². The van der Waals surface area contributed by atoms with E-state index in [1.54, 1.807) is 12.1 Å². The van der Waals surface area contributed by atoms with Gasteiger partial charge in [-0.1, -0.05) is 18.2 Å². The van der Waals surface area contributed by atoms with E-state index in [1.165, 1.54) is 0 Å². The zero-order valence-electron chi connectivity index (χ0n) is 10.6. The third-order valence-corrected chi connectivity index (χ3v) is 2.03. The van der Waals surface area contributed by atoms with E-state index in [-0.39, 0.29) is 25.0 Å². The molecular weight excluding hydrogens is 232 g/mol. The van der Waals surface area contributed by atoms with Crippen molar-refractivity contribution in [3.05, 3.63) is 30.3 Å². The Labute approximate surface area is 107 Å². The molecule has 0 aromatic heterocycles. The van der Waals surface area contributed by atoms with Gasteiger partial charge in [-0.2, -0.15) is 0 Å². The third-order valence-electron chi connectivity index (χ3n) is 2.03. The van der Waals surface area contributed by atoms with E-state index in [0.29, 0.717) is 0 Å². The molecule has 0 saturated heterocycles. The molecule has 0 unspecified atom stereocenters. The maximum atomic E-state index is 11.5. The van der Waals surface area contributed by atoms with Crippen LogP contribution in [0.15, 0.2) is 30.3 Å². The molecule has 18 heavy (non-hydrogen) atoms. The van der Waals surface area contributed by atoms with Crippen LogP contribution in [0.25, 0.3) is 0 Å². The van der Waals surface area contributed by atoms with E-state index in [2.05, 4.69) is 10.6 Å². The number of benzene rings is 1. The summed E-state index contributed by atoms with van der Waals surface area (Å²) in [6.07, 6.45) is -0.363. The Morgan fingerprint density at radius 1 is 1.22 bits per heavy atom. The molecule has 0 bridgehead atoms. The first-order valence-electron chi connectivity index (χ1n) is 5.86. The molecule has 2 amide bonds. The Morgan fingerprint density at radius 3 is 2.50 bits per heavy atom. The fourth-order valence-electron chi connectivity index (χ4n) is 1.26. The first-order valence-corrected chi connectivity index (χ1v) is 5.86. The minimum Gasteiger partial charge on any atom is -0.449 e. The monoisotopic (exact) mass is 250 g/mol. The van der Waals surface area contributed by atoms with Crippen LogP contribution in [0.3, 0.4) is 0 Å². The Kier molecular flexibility index (Phi) is 5.70. The summed E-state index contributed by atoms with van der Waals surface area (Å²) in [6.45, 7) is 3.74. The van der Waals surface area contributed by atoms with Crippen molar-refractivity contribution < 1.29 is 14.3 Å². The lowest BCUT2D eigenvalue weighted by atomic mass is 10.3. The average Bonchev–Trinajstić information content (AvgIpc) is 2.29. The average molecular weight is 250 g/mol. The minimum atomic E-state index is -0.502. The summed E-state index contributed by atoms with van der Waals surface area (Å²) in [5.41, 5.74) is 0.731. The van der Waals surface area contributed by atoms with Gasteiger partial charge in [-0.25, -0.2) is 4.79 Å². The second-order valence-electron chi connectivity index (χ2n) is 4.10. The van der Waals surface area contributed by atoms with Gasteiger partial charge in [-0.05, 0) is 26.0 Å². The summed E-state index contributed by atoms with van der Waals surface area (Å²) in [5.74, 6) is -0.182. The molecule has 98 valence electrons. The van der Waals surface area contributed by atoms with Crippen LogP contribution in [0.2, 0.25) is 0 Å². The molecular formula is C13H18N2O3. The number of ether oxygens (including phenoxy) is 1. The summed E-state index contributed by atoms with van der Waals surface area (Å²) in [6, 6.07) is 9.16. The van der Waals surface area contributed by atoms with Crippen LogP contribution < -0.4 is 10.6 Å². The number of hydrogen-bond acceptors (Lipinski definition) is 3. The zero-order valence-corrected chi connectivity index (χ0v) is 10.6. The SMILES string of the molecule is CC(C)NC(=O)OCCC(=O)Nc1ccccc1. The number of hydrogen-bond donors (Lipinski definition) is 2. The zero-order chi connectivity index (χ0) is 13.4. The quantitative estimate of drug-likeness (QED) is 0.841. The van der Waals surface area contributed by atoms with Gasteiger partial charge in [0, 0.05) is 11.7 Å². The summed E-state index contributed by atoms with van der Waals surface area (Å²) >= 11 is 0. The van der Waals surface area contributed by atoms with Crippen molar-refractivity contribution in [3.8, 4) is 0 Å². The number of para-hydroxylation sites is 1. The molecule has 5 nitrogen and oxygen atoms in total. The predicted molar refractivity (Wildman–Crippen MR) is 69.3 cm³/mol. The maximum absolute atomic E-state index is 11.5. The largest absolute Gasteiger partial charge is 0.449 e. The van der Waals surface area contributed by atoms with Crippen LogP contribution in [-0.4, -0.2) is 24.6 Å². The highest BCUT2D eigenvalue weighted by Crippen LogP contribution is 2.05. The van der Waals surface area contributed by atoms with Gasteiger partial charge in [-0.15, -0.1) is 0 Å². The van der Waals surface area contributed by atoms with E-state index in [9.17, 15) is 9.59 Å². The highest BCUT2D eigenvalue weighted by atomic mass is 16.5. The third kappa shape index (κ3) is 5.89. The Bertz CT molecular complexity index is 390. The Hall–Kier alpha value is -2.04. The van der Waals surface area contributed by atoms with Crippen molar-refractivity contribution in [2.45, 2.75) is 26.3 Å². The van der Waals surface area contributed by atoms with Gasteiger partial charge >= 0.3 is 6.09 Å². The van der Waals surface area contributed by atoms with E-state index in [0.717, 1.165) is 5.69 Å². The molecule has 2 N–H and O–H groups in total. The molecule has 0 aliphatic carbocycles. The van der Waals surface area contributed by atoms with Crippen LogP contribution in [0.1, 0.15) is 20.3 Å². The molecule has 0 aliphatic heterocycles. The molecule has 0 radical (unpaired) electrons. The van der Waals surface area contributed by atoms with Crippen molar-refractivity contribution in [1.82, 2.24) is 5.32 Å². The van der Waals surface area contributed by atoms with Crippen molar-refractivity contribution >= 4 is 17.7 Å². The van der Waals surface area contributed by atoms with Gasteiger partial charge in [0.15, 0.2) is 0 Å². The summed E-state index contributed by atoms with van der Waals surface area (Å²) in [4.78, 5) is 22.6. The van der Waals surface area contributed by atoms with Crippen LogP contribution >= 0.6 is 0 Å². The lowest BCUT2D eigenvalue weighted by Gasteiger charge is -2.09. The normalized spacial score (nSPS) is 9.94. The van der Waals surface area contributed by atoms with Crippen molar-refractivity contribution in [2.24, 2.45) is 0 Å². The number of rotatable bonds is 5. The summed E-state index contributed by atoms with van der Waals surface area (Å²) in [5, 5.41) is 5.28. The smallest absolute Gasteiger partial charge is 0.407 e. The number of amides is 2. The number of carbonyl (C=O) groups excluding carboxylic acids is 2. The van der Waals surface area contributed by atoms with E-state index in [1.807, 2.05) is 32.0 Å². The molecule has 0 fully saturated rings. The molecule has 0 spiro atoms.